The highest BCUT2D eigenvalue weighted by Crippen LogP contribution is 2.33. The number of nitrogens with zero attached hydrogens (tertiary/aromatic N) is 1. The van der Waals surface area contributed by atoms with Crippen LogP contribution >= 0.6 is 0 Å². The van der Waals surface area contributed by atoms with Crippen LogP contribution in [-0.2, 0) is 0 Å². The van der Waals surface area contributed by atoms with E-state index in [0.29, 0.717) is 23.6 Å². The van der Waals surface area contributed by atoms with Crippen LogP contribution in [0.25, 0.3) is 0 Å². The molecule has 0 spiro atoms. The zero-order valence-corrected chi connectivity index (χ0v) is 10.7. The molecule has 1 amide bonds. The van der Waals surface area contributed by atoms with Crippen LogP contribution < -0.4 is 9.47 Å². The van der Waals surface area contributed by atoms with Crippen LogP contribution in [0, 0.1) is 0 Å². The van der Waals surface area contributed by atoms with Crippen molar-refractivity contribution in [1.29, 1.82) is 0 Å². The standard InChI is InChI=1S/C14H17NO4/c16-8-11-3-1-2-6-15(11)14(17)10-4-5-12-13(7-10)19-9-18-12/h4-5,7,11,16H,1-3,6,8-9H2/t11-/m1/s1. The number of carbonyl (C=O) groups excluding carboxylic acids is 1. The van der Waals surface area contributed by atoms with Crippen molar-refractivity contribution in [3.8, 4) is 11.5 Å². The summed E-state index contributed by atoms with van der Waals surface area (Å²) in [5, 5.41) is 9.37. The van der Waals surface area contributed by atoms with Gasteiger partial charge in [-0.15, -0.1) is 0 Å². The molecule has 2 aliphatic rings. The SMILES string of the molecule is O=C(c1ccc2c(c1)OCO2)N1CCCC[C@@H]1CO. The lowest BCUT2D eigenvalue weighted by Gasteiger charge is -2.34. The normalized spacial score (nSPS) is 21.5. The number of aliphatic hydroxyl groups is 1. The first-order valence-corrected chi connectivity index (χ1v) is 6.61. The topological polar surface area (TPSA) is 59.0 Å². The number of likely N-dealkylation sites (tertiary alicyclic amines) is 1. The van der Waals surface area contributed by atoms with Gasteiger partial charge in [0.15, 0.2) is 11.5 Å². The van der Waals surface area contributed by atoms with Crippen molar-refractivity contribution in [2.45, 2.75) is 25.3 Å². The third-order valence-corrected chi connectivity index (χ3v) is 3.72. The van der Waals surface area contributed by atoms with Crippen LogP contribution in [-0.4, -0.2) is 41.9 Å². The molecule has 1 aromatic rings. The smallest absolute Gasteiger partial charge is 0.254 e. The van der Waals surface area contributed by atoms with Crippen molar-refractivity contribution in [2.75, 3.05) is 19.9 Å². The molecule has 0 radical (unpaired) electrons. The minimum absolute atomic E-state index is 0.0241. The van der Waals surface area contributed by atoms with E-state index >= 15 is 0 Å². The molecule has 19 heavy (non-hydrogen) atoms. The predicted molar refractivity (Wildman–Crippen MR) is 68.3 cm³/mol. The van der Waals surface area contributed by atoms with Gasteiger partial charge >= 0.3 is 0 Å². The molecule has 0 bridgehead atoms. The summed E-state index contributed by atoms with van der Waals surface area (Å²) in [5.41, 5.74) is 0.588. The molecule has 1 fully saturated rings. The molecule has 0 aliphatic carbocycles. The third kappa shape index (κ3) is 2.26. The lowest BCUT2D eigenvalue weighted by Crippen LogP contribution is -2.45. The highest BCUT2D eigenvalue weighted by Gasteiger charge is 2.27. The Kier molecular flexibility index (Phi) is 3.29. The van der Waals surface area contributed by atoms with Crippen molar-refractivity contribution in [2.24, 2.45) is 0 Å². The van der Waals surface area contributed by atoms with Gasteiger partial charge in [-0.2, -0.15) is 0 Å². The first-order valence-electron chi connectivity index (χ1n) is 6.61. The van der Waals surface area contributed by atoms with E-state index in [1.807, 2.05) is 0 Å². The van der Waals surface area contributed by atoms with Gasteiger partial charge in [-0.3, -0.25) is 4.79 Å². The average molecular weight is 263 g/mol. The van der Waals surface area contributed by atoms with Gasteiger partial charge in [0.2, 0.25) is 6.79 Å². The summed E-state index contributed by atoms with van der Waals surface area (Å²) >= 11 is 0. The highest BCUT2D eigenvalue weighted by atomic mass is 16.7. The van der Waals surface area contributed by atoms with E-state index < -0.39 is 0 Å². The van der Waals surface area contributed by atoms with Crippen molar-refractivity contribution < 1.29 is 19.4 Å². The summed E-state index contributed by atoms with van der Waals surface area (Å²) in [6.45, 7) is 0.935. The largest absolute Gasteiger partial charge is 0.454 e. The van der Waals surface area contributed by atoms with Gasteiger partial charge in [0.1, 0.15) is 0 Å². The Morgan fingerprint density at radius 3 is 3.00 bits per heavy atom. The number of piperidine rings is 1. The van der Waals surface area contributed by atoms with Crippen LogP contribution in [0.15, 0.2) is 18.2 Å². The predicted octanol–water partition coefficient (Wildman–Crippen LogP) is 1.40. The van der Waals surface area contributed by atoms with E-state index in [0.717, 1.165) is 19.3 Å². The van der Waals surface area contributed by atoms with Crippen LogP contribution in [0.5, 0.6) is 11.5 Å². The summed E-state index contributed by atoms with van der Waals surface area (Å²) in [4.78, 5) is 14.3. The van der Waals surface area contributed by atoms with Crippen LogP contribution in [0.3, 0.4) is 0 Å². The number of rotatable bonds is 2. The molecular weight excluding hydrogens is 246 g/mol. The Morgan fingerprint density at radius 1 is 1.32 bits per heavy atom. The fourth-order valence-corrected chi connectivity index (χ4v) is 2.65. The molecule has 2 aliphatic heterocycles. The van der Waals surface area contributed by atoms with Gasteiger partial charge in [-0.25, -0.2) is 0 Å². The van der Waals surface area contributed by atoms with Gasteiger partial charge in [-0.05, 0) is 37.5 Å². The second-order valence-electron chi connectivity index (χ2n) is 4.90. The Morgan fingerprint density at radius 2 is 2.16 bits per heavy atom. The summed E-state index contributed by atoms with van der Waals surface area (Å²) < 4.78 is 10.5. The Hall–Kier alpha value is -1.75. The van der Waals surface area contributed by atoms with Crippen molar-refractivity contribution in [3.63, 3.8) is 0 Å². The number of aliphatic hydroxyl groups excluding tert-OH is 1. The summed E-state index contributed by atoms with van der Waals surface area (Å²) in [6.07, 6.45) is 2.93. The molecule has 0 saturated carbocycles. The van der Waals surface area contributed by atoms with Gasteiger partial charge in [-0.1, -0.05) is 0 Å². The van der Waals surface area contributed by atoms with Crippen LogP contribution in [0.2, 0.25) is 0 Å². The van der Waals surface area contributed by atoms with Crippen molar-refractivity contribution in [3.05, 3.63) is 23.8 Å². The molecule has 5 nitrogen and oxygen atoms in total. The number of amides is 1. The lowest BCUT2D eigenvalue weighted by molar-refractivity contribution is 0.0502. The van der Waals surface area contributed by atoms with E-state index in [1.165, 1.54) is 0 Å². The fraction of sp³-hybridized carbons (Fsp3) is 0.500. The third-order valence-electron chi connectivity index (χ3n) is 3.72. The van der Waals surface area contributed by atoms with E-state index in [2.05, 4.69) is 0 Å². The van der Waals surface area contributed by atoms with Crippen molar-refractivity contribution in [1.82, 2.24) is 4.90 Å². The maximum absolute atomic E-state index is 12.5. The highest BCUT2D eigenvalue weighted by molar-refractivity contribution is 5.95. The Labute approximate surface area is 111 Å². The first kappa shape index (κ1) is 12.3. The van der Waals surface area contributed by atoms with E-state index in [-0.39, 0.29) is 25.3 Å². The molecule has 1 atom stereocenters. The maximum Gasteiger partial charge on any atom is 0.254 e. The Bertz CT molecular complexity index is 488. The number of carbonyl (C=O) groups is 1. The number of hydrogen-bond donors (Lipinski definition) is 1. The second-order valence-corrected chi connectivity index (χ2v) is 4.90. The minimum atomic E-state index is -0.0633. The number of hydrogen-bond acceptors (Lipinski definition) is 4. The number of fused-ring (bicyclic) bond motifs is 1. The van der Waals surface area contributed by atoms with Crippen LogP contribution in [0.4, 0.5) is 0 Å². The average Bonchev–Trinajstić information content (AvgIpc) is 2.93. The first-order chi connectivity index (χ1) is 9.29. The quantitative estimate of drug-likeness (QED) is 0.876. The zero-order chi connectivity index (χ0) is 13.2. The molecule has 1 saturated heterocycles. The molecule has 0 aromatic heterocycles. The summed E-state index contributed by atoms with van der Waals surface area (Å²) in [6, 6.07) is 5.16. The minimum Gasteiger partial charge on any atom is -0.454 e. The molecule has 5 heteroatoms. The summed E-state index contributed by atoms with van der Waals surface area (Å²) in [5.74, 6) is 1.24. The molecule has 0 unspecified atom stereocenters. The fourth-order valence-electron chi connectivity index (χ4n) is 2.65. The molecule has 102 valence electrons. The zero-order valence-electron chi connectivity index (χ0n) is 10.7. The molecule has 3 rings (SSSR count). The lowest BCUT2D eigenvalue weighted by atomic mass is 10.0. The second kappa shape index (κ2) is 5.09. The number of ether oxygens (including phenoxy) is 2. The van der Waals surface area contributed by atoms with Gasteiger partial charge in [0, 0.05) is 12.1 Å². The van der Waals surface area contributed by atoms with Crippen LogP contribution in [0.1, 0.15) is 29.6 Å². The molecule has 1 N–H and O–H groups in total. The van der Waals surface area contributed by atoms with Crippen molar-refractivity contribution >= 4 is 5.91 Å². The number of benzene rings is 1. The monoisotopic (exact) mass is 263 g/mol. The van der Waals surface area contributed by atoms with E-state index in [4.69, 9.17) is 9.47 Å². The summed E-state index contributed by atoms with van der Waals surface area (Å²) in [7, 11) is 0. The van der Waals surface area contributed by atoms with Gasteiger partial charge in [0.25, 0.3) is 5.91 Å². The molecule has 2 heterocycles. The van der Waals surface area contributed by atoms with E-state index in [9.17, 15) is 9.90 Å². The molecule has 1 aromatic carbocycles. The van der Waals surface area contributed by atoms with Gasteiger partial charge < -0.3 is 19.5 Å². The maximum atomic E-state index is 12.5. The molecular formula is C14H17NO4. The van der Waals surface area contributed by atoms with Gasteiger partial charge in [0.05, 0.1) is 12.6 Å². The Balaban J connectivity index is 1.82. The van der Waals surface area contributed by atoms with E-state index in [1.54, 1.807) is 23.1 Å².